The number of nitro groups is 1. The van der Waals surface area contributed by atoms with Gasteiger partial charge in [0, 0.05) is 25.4 Å². The second kappa shape index (κ2) is 8.07. The lowest BCUT2D eigenvalue weighted by Gasteiger charge is -2.08. The van der Waals surface area contributed by atoms with Crippen molar-refractivity contribution in [2.75, 3.05) is 18.5 Å². The molecule has 0 saturated heterocycles. The van der Waals surface area contributed by atoms with Crippen molar-refractivity contribution in [3.8, 4) is 6.07 Å². The molecular weight excluding hydrogens is 260 g/mol. The molecule has 108 valence electrons. The van der Waals surface area contributed by atoms with E-state index in [1.165, 1.54) is 12.3 Å². The minimum absolute atomic E-state index is 0.174. The number of pyridine rings is 1. The number of unbranched alkanes of at least 4 members (excludes halogenated alkanes) is 1. The molecule has 0 spiro atoms. The summed E-state index contributed by atoms with van der Waals surface area (Å²) in [7, 11) is 0. The number of hydrogen-bond acceptors (Lipinski definition) is 6. The van der Waals surface area contributed by atoms with E-state index in [1.807, 2.05) is 19.9 Å². The van der Waals surface area contributed by atoms with Crippen LogP contribution in [0.15, 0.2) is 12.3 Å². The largest absolute Gasteiger partial charge is 0.379 e. The maximum atomic E-state index is 10.9. The fourth-order valence-corrected chi connectivity index (χ4v) is 1.54. The van der Waals surface area contributed by atoms with Crippen molar-refractivity contribution >= 4 is 11.5 Å². The smallest absolute Gasteiger partial charge is 0.312 e. The molecular formula is C13H18N4O3. The lowest BCUT2D eigenvalue weighted by molar-refractivity contribution is -0.384. The molecule has 0 bridgehead atoms. The average Bonchev–Trinajstić information content (AvgIpc) is 2.42. The van der Waals surface area contributed by atoms with Crippen LogP contribution in [0.3, 0.4) is 0 Å². The molecule has 0 aromatic carbocycles. The molecule has 0 saturated carbocycles. The predicted octanol–water partition coefficient (Wildman–Crippen LogP) is 2.48. The molecule has 0 radical (unpaired) electrons. The highest BCUT2D eigenvalue weighted by atomic mass is 16.6. The molecule has 0 aliphatic heterocycles. The Kier molecular flexibility index (Phi) is 6.40. The molecule has 1 heterocycles. The van der Waals surface area contributed by atoms with Crippen LogP contribution in [0.1, 0.15) is 32.3 Å². The summed E-state index contributed by atoms with van der Waals surface area (Å²) in [6, 6.07) is 3.05. The summed E-state index contributed by atoms with van der Waals surface area (Å²) in [6.45, 7) is 5.19. The van der Waals surface area contributed by atoms with Gasteiger partial charge in [-0.25, -0.2) is 4.98 Å². The summed E-state index contributed by atoms with van der Waals surface area (Å²) in [5.74, 6) is 0.193. The summed E-state index contributed by atoms with van der Waals surface area (Å²) in [5.41, 5.74) is -0.00457. The molecule has 0 amide bonds. The molecule has 0 atom stereocenters. The molecule has 7 heteroatoms. The first-order valence-electron chi connectivity index (χ1n) is 6.44. The van der Waals surface area contributed by atoms with Gasteiger partial charge < -0.3 is 10.1 Å². The number of aromatic nitrogens is 1. The van der Waals surface area contributed by atoms with Crippen molar-refractivity contribution < 1.29 is 9.66 Å². The third-order valence-electron chi connectivity index (χ3n) is 2.51. The van der Waals surface area contributed by atoms with Crippen molar-refractivity contribution in [1.29, 1.82) is 5.26 Å². The average molecular weight is 278 g/mol. The van der Waals surface area contributed by atoms with Gasteiger partial charge in [0.15, 0.2) is 0 Å². The molecule has 1 rings (SSSR count). The van der Waals surface area contributed by atoms with E-state index in [4.69, 9.17) is 10.00 Å². The van der Waals surface area contributed by atoms with Gasteiger partial charge in [0.05, 0.1) is 16.6 Å². The van der Waals surface area contributed by atoms with E-state index in [0.717, 1.165) is 12.8 Å². The highest BCUT2D eigenvalue weighted by Crippen LogP contribution is 2.22. The van der Waals surface area contributed by atoms with Crippen LogP contribution in [0.25, 0.3) is 0 Å². The number of nitriles is 1. The van der Waals surface area contributed by atoms with Crippen LogP contribution in [0.5, 0.6) is 0 Å². The van der Waals surface area contributed by atoms with Crippen LogP contribution in [0, 0.1) is 21.4 Å². The summed E-state index contributed by atoms with van der Waals surface area (Å²) in [4.78, 5) is 14.3. The standard InChI is InChI=1S/C13H18N4O3/c1-10(2)20-6-4-3-5-15-13-12(17(18)19)7-11(8-14)9-16-13/h7,9-10H,3-6H2,1-2H3,(H,15,16). The fourth-order valence-electron chi connectivity index (χ4n) is 1.54. The number of anilines is 1. The Morgan fingerprint density at radius 2 is 2.30 bits per heavy atom. The monoisotopic (exact) mass is 278 g/mol. The van der Waals surface area contributed by atoms with Gasteiger partial charge in [0.1, 0.15) is 6.07 Å². The zero-order chi connectivity index (χ0) is 15.0. The Balaban J connectivity index is 2.48. The van der Waals surface area contributed by atoms with E-state index < -0.39 is 4.92 Å². The van der Waals surface area contributed by atoms with Crippen molar-refractivity contribution in [2.45, 2.75) is 32.8 Å². The number of rotatable bonds is 8. The van der Waals surface area contributed by atoms with Crippen molar-refractivity contribution in [1.82, 2.24) is 4.98 Å². The Labute approximate surface area is 117 Å². The second-order valence-corrected chi connectivity index (χ2v) is 4.51. The van der Waals surface area contributed by atoms with Gasteiger partial charge in [-0.05, 0) is 26.7 Å². The zero-order valence-electron chi connectivity index (χ0n) is 11.6. The summed E-state index contributed by atoms with van der Waals surface area (Å²) >= 11 is 0. The van der Waals surface area contributed by atoms with Gasteiger partial charge in [-0.2, -0.15) is 5.26 Å². The fraction of sp³-hybridized carbons (Fsp3) is 0.538. The zero-order valence-corrected chi connectivity index (χ0v) is 11.6. The molecule has 1 aromatic heterocycles. The summed E-state index contributed by atoms with van der Waals surface area (Å²) < 4.78 is 5.40. The number of ether oxygens (including phenoxy) is 1. The Morgan fingerprint density at radius 3 is 2.90 bits per heavy atom. The van der Waals surface area contributed by atoms with Gasteiger partial charge in [0.2, 0.25) is 5.82 Å². The van der Waals surface area contributed by atoms with Crippen LogP contribution in [0.2, 0.25) is 0 Å². The van der Waals surface area contributed by atoms with Crippen molar-refractivity contribution in [2.24, 2.45) is 0 Å². The second-order valence-electron chi connectivity index (χ2n) is 4.51. The molecule has 7 nitrogen and oxygen atoms in total. The highest BCUT2D eigenvalue weighted by molar-refractivity contribution is 5.58. The van der Waals surface area contributed by atoms with Crippen LogP contribution in [-0.4, -0.2) is 29.2 Å². The van der Waals surface area contributed by atoms with Crippen LogP contribution >= 0.6 is 0 Å². The van der Waals surface area contributed by atoms with Gasteiger partial charge in [-0.15, -0.1) is 0 Å². The summed E-state index contributed by atoms with van der Waals surface area (Å²) in [5, 5.41) is 22.5. The lowest BCUT2D eigenvalue weighted by Crippen LogP contribution is -2.09. The first-order chi connectivity index (χ1) is 9.54. The molecule has 0 unspecified atom stereocenters. The molecule has 1 aromatic rings. The van der Waals surface area contributed by atoms with E-state index in [0.29, 0.717) is 13.2 Å². The number of nitrogens with zero attached hydrogens (tertiary/aromatic N) is 3. The predicted molar refractivity (Wildman–Crippen MR) is 74.4 cm³/mol. The van der Waals surface area contributed by atoms with E-state index in [9.17, 15) is 10.1 Å². The first-order valence-corrected chi connectivity index (χ1v) is 6.44. The minimum atomic E-state index is -0.544. The Hall–Kier alpha value is -2.20. The van der Waals surface area contributed by atoms with Crippen molar-refractivity contribution in [3.05, 3.63) is 27.9 Å². The molecule has 1 N–H and O–H groups in total. The van der Waals surface area contributed by atoms with Crippen LogP contribution < -0.4 is 5.32 Å². The third-order valence-corrected chi connectivity index (χ3v) is 2.51. The van der Waals surface area contributed by atoms with Gasteiger partial charge >= 0.3 is 5.69 Å². The van der Waals surface area contributed by atoms with Gasteiger partial charge in [0.25, 0.3) is 0 Å². The number of nitrogens with one attached hydrogen (secondary N) is 1. The molecule has 0 aliphatic rings. The SMILES string of the molecule is CC(C)OCCCCNc1ncc(C#N)cc1[N+](=O)[O-]. The maximum Gasteiger partial charge on any atom is 0.312 e. The topological polar surface area (TPSA) is 101 Å². The van der Waals surface area contributed by atoms with Crippen molar-refractivity contribution in [3.63, 3.8) is 0 Å². The van der Waals surface area contributed by atoms with E-state index in [-0.39, 0.29) is 23.2 Å². The van der Waals surface area contributed by atoms with E-state index in [1.54, 1.807) is 0 Å². The third kappa shape index (κ3) is 5.20. The molecule has 0 aliphatic carbocycles. The first kappa shape index (κ1) is 15.9. The van der Waals surface area contributed by atoms with Gasteiger partial charge in [-0.3, -0.25) is 10.1 Å². The van der Waals surface area contributed by atoms with Gasteiger partial charge in [-0.1, -0.05) is 0 Å². The lowest BCUT2D eigenvalue weighted by atomic mass is 10.2. The highest BCUT2D eigenvalue weighted by Gasteiger charge is 2.15. The normalized spacial score (nSPS) is 10.3. The van der Waals surface area contributed by atoms with Crippen LogP contribution in [0.4, 0.5) is 11.5 Å². The Morgan fingerprint density at radius 1 is 1.55 bits per heavy atom. The summed E-state index contributed by atoms with van der Waals surface area (Å²) in [6.07, 6.45) is 3.22. The maximum absolute atomic E-state index is 10.9. The molecule has 0 fully saturated rings. The minimum Gasteiger partial charge on any atom is -0.379 e. The Bertz CT molecular complexity index is 497. The van der Waals surface area contributed by atoms with E-state index in [2.05, 4.69) is 10.3 Å². The van der Waals surface area contributed by atoms with E-state index >= 15 is 0 Å². The van der Waals surface area contributed by atoms with Crippen LogP contribution in [-0.2, 0) is 4.74 Å². The molecule has 20 heavy (non-hydrogen) atoms. The number of hydrogen-bond donors (Lipinski definition) is 1. The quantitative estimate of drug-likeness (QED) is 0.445.